The molecule has 5 rings (SSSR count). The Morgan fingerprint density at radius 1 is 1.04 bits per heavy atom. The number of fused-ring (bicyclic) bond motifs is 2. The lowest BCUT2D eigenvalue weighted by molar-refractivity contribution is 0.174. The standard InChI is InChI=1S/C20H13FN2O4S/c21-13-2-1-3-14(9-13)23-19(24)18-15(6-7-28-18)22(20(23)25)10-12-4-5-16-17(8-12)27-11-26-16/h1-9H,10-11H2. The number of thiophene rings is 1. The molecule has 0 aliphatic carbocycles. The van der Waals surface area contributed by atoms with Gasteiger partial charge in [-0.3, -0.25) is 9.36 Å². The van der Waals surface area contributed by atoms with Gasteiger partial charge in [0.25, 0.3) is 5.56 Å². The van der Waals surface area contributed by atoms with Gasteiger partial charge in [-0.1, -0.05) is 12.1 Å². The Morgan fingerprint density at radius 3 is 2.75 bits per heavy atom. The fraction of sp³-hybridized carbons (Fsp3) is 0.100. The molecule has 0 unspecified atom stereocenters. The third-order valence-electron chi connectivity index (χ3n) is 4.60. The fourth-order valence-corrected chi connectivity index (χ4v) is 4.13. The molecule has 0 amide bonds. The Balaban J connectivity index is 1.72. The van der Waals surface area contributed by atoms with E-state index in [2.05, 4.69) is 0 Å². The molecule has 0 spiro atoms. The molecule has 0 atom stereocenters. The SMILES string of the molecule is O=c1c2sccc2n(Cc2ccc3c(c2)OCO3)c(=O)n1-c1cccc(F)c1. The van der Waals surface area contributed by atoms with Crippen LogP contribution in [0.2, 0.25) is 0 Å². The summed E-state index contributed by atoms with van der Waals surface area (Å²) < 4.78 is 27.4. The number of halogens is 1. The number of aromatic nitrogens is 2. The van der Waals surface area contributed by atoms with Gasteiger partial charge in [-0.15, -0.1) is 11.3 Å². The second-order valence-electron chi connectivity index (χ2n) is 6.31. The zero-order chi connectivity index (χ0) is 19.3. The van der Waals surface area contributed by atoms with Gasteiger partial charge in [0, 0.05) is 0 Å². The van der Waals surface area contributed by atoms with E-state index in [1.165, 1.54) is 40.2 Å². The molecule has 0 saturated carbocycles. The van der Waals surface area contributed by atoms with E-state index in [-0.39, 0.29) is 19.0 Å². The van der Waals surface area contributed by atoms with E-state index in [1.807, 2.05) is 12.1 Å². The highest BCUT2D eigenvalue weighted by molar-refractivity contribution is 7.17. The molecule has 1 aliphatic rings. The number of rotatable bonds is 3. The summed E-state index contributed by atoms with van der Waals surface area (Å²) in [7, 11) is 0. The Labute approximate surface area is 161 Å². The van der Waals surface area contributed by atoms with Crippen LogP contribution in [-0.4, -0.2) is 15.9 Å². The van der Waals surface area contributed by atoms with Crippen molar-refractivity contribution in [2.24, 2.45) is 0 Å². The Morgan fingerprint density at radius 2 is 1.89 bits per heavy atom. The summed E-state index contributed by atoms with van der Waals surface area (Å²) in [5.74, 6) is 0.754. The summed E-state index contributed by atoms with van der Waals surface area (Å²) in [6.07, 6.45) is 0. The summed E-state index contributed by atoms with van der Waals surface area (Å²) in [4.78, 5) is 26.1. The summed E-state index contributed by atoms with van der Waals surface area (Å²) in [6.45, 7) is 0.399. The molecule has 0 fully saturated rings. The third-order valence-corrected chi connectivity index (χ3v) is 5.49. The molecule has 0 bridgehead atoms. The van der Waals surface area contributed by atoms with Gasteiger partial charge in [0.05, 0.1) is 17.7 Å². The zero-order valence-corrected chi connectivity index (χ0v) is 15.2. The highest BCUT2D eigenvalue weighted by Crippen LogP contribution is 2.32. The summed E-state index contributed by atoms with van der Waals surface area (Å²) >= 11 is 1.25. The van der Waals surface area contributed by atoms with Crippen LogP contribution in [0.3, 0.4) is 0 Å². The van der Waals surface area contributed by atoms with Gasteiger partial charge in [-0.2, -0.15) is 0 Å². The molecule has 8 heteroatoms. The second-order valence-corrected chi connectivity index (χ2v) is 7.23. The van der Waals surface area contributed by atoms with E-state index in [4.69, 9.17) is 9.47 Å². The van der Waals surface area contributed by atoms with E-state index in [0.29, 0.717) is 21.7 Å². The normalized spacial score (nSPS) is 12.6. The van der Waals surface area contributed by atoms with Crippen LogP contribution >= 0.6 is 11.3 Å². The molecule has 1 aliphatic heterocycles. The number of ether oxygens (including phenoxy) is 2. The maximum Gasteiger partial charge on any atom is 0.336 e. The molecule has 0 N–H and O–H groups in total. The smallest absolute Gasteiger partial charge is 0.336 e. The maximum absolute atomic E-state index is 13.7. The van der Waals surface area contributed by atoms with Crippen LogP contribution in [0.4, 0.5) is 4.39 Å². The van der Waals surface area contributed by atoms with Gasteiger partial charge in [-0.25, -0.2) is 13.8 Å². The van der Waals surface area contributed by atoms with Gasteiger partial charge in [-0.05, 0) is 47.3 Å². The molecular formula is C20H13FN2O4S. The van der Waals surface area contributed by atoms with E-state index in [9.17, 15) is 14.0 Å². The van der Waals surface area contributed by atoms with Gasteiger partial charge in [0.15, 0.2) is 11.5 Å². The van der Waals surface area contributed by atoms with Crippen molar-refractivity contribution in [1.29, 1.82) is 0 Å². The van der Waals surface area contributed by atoms with Crippen molar-refractivity contribution < 1.29 is 13.9 Å². The van der Waals surface area contributed by atoms with Crippen LogP contribution in [0.15, 0.2) is 63.5 Å². The monoisotopic (exact) mass is 396 g/mol. The quantitative estimate of drug-likeness (QED) is 0.534. The molecule has 4 aromatic rings. The van der Waals surface area contributed by atoms with Crippen molar-refractivity contribution in [2.45, 2.75) is 6.54 Å². The van der Waals surface area contributed by atoms with Crippen molar-refractivity contribution >= 4 is 21.6 Å². The van der Waals surface area contributed by atoms with Gasteiger partial charge in [0.2, 0.25) is 6.79 Å². The predicted octanol–water partition coefficient (Wildman–Crippen LogP) is 3.13. The Kier molecular flexibility index (Phi) is 3.80. The zero-order valence-electron chi connectivity index (χ0n) is 14.4. The first-order chi connectivity index (χ1) is 13.6. The minimum Gasteiger partial charge on any atom is -0.454 e. The molecule has 2 aromatic heterocycles. The van der Waals surface area contributed by atoms with Crippen LogP contribution in [-0.2, 0) is 6.54 Å². The van der Waals surface area contributed by atoms with Crippen molar-refractivity contribution in [3.8, 4) is 17.2 Å². The van der Waals surface area contributed by atoms with Crippen LogP contribution in [0.1, 0.15) is 5.56 Å². The van der Waals surface area contributed by atoms with Crippen molar-refractivity contribution in [3.05, 3.63) is 86.1 Å². The minimum atomic E-state index is -0.529. The predicted molar refractivity (Wildman–Crippen MR) is 103 cm³/mol. The van der Waals surface area contributed by atoms with Crippen molar-refractivity contribution in [2.75, 3.05) is 6.79 Å². The van der Waals surface area contributed by atoms with E-state index in [1.54, 1.807) is 17.5 Å². The van der Waals surface area contributed by atoms with Crippen LogP contribution in [0.25, 0.3) is 15.9 Å². The molecular weight excluding hydrogens is 383 g/mol. The molecule has 0 radical (unpaired) electrons. The number of hydrogen-bond donors (Lipinski definition) is 0. The van der Waals surface area contributed by atoms with E-state index < -0.39 is 17.1 Å². The first kappa shape index (κ1) is 16.8. The van der Waals surface area contributed by atoms with Crippen LogP contribution < -0.4 is 20.7 Å². The van der Waals surface area contributed by atoms with Gasteiger partial charge in [0.1, 0.15) is 10.5 Å². The first-order valence-corrected chi connectivity index (χ1v) is 9.37. The number of hydrogen-bond acceptors (Lipinski definition) is 5. The first-order valence-electron chi connectivity index (χ1n) is 8.49. The Bertz CT molecular complexity index is 1340. The van der Waals surface area contributed by atoms with E-state index >= 15 is 0 Å². The highest BCUT2D eigenvalue weighted by atomic mass is 32.1. The molecule has 28 heavy (non-hydrogen) atoms. The largest absolute Gasteiger partial charge is 0.454 e. The summed E-state index contributed by atoms with van der Waals surface area (Å²) in [5.41, 5.74) is 0.583. The fourth-order valence-electron chi connectivity index (χ4n) is 3.30. The van der Waals surface area contributed by atoms with E-state index in [0.717, 1.165) is 10.1 Å². The third kappa shape index (κ3) is 2.61. The lowest BCUT2D eigenvalue weighted by atomic mass is 10.2. The van der Waals surface area contributed by atoms with Gasteiger partial charge < -0.3 is 9.47 Å². The lowest BCUT2D eigenvalue weighted by Crippen LogP contribution is -2.38. The minimum absolute atomic E-state index is 0.165. The average molecular weight is 396 g/mol. The number of benzene rings is 2. The summed E-state index contributed by atoms with van der Waals surface area (Å²) in [5, 5.41) is 1.76. The molecule has 140 valence electrons. The van der Waals surface area contributed by atoms with Gasteiger partial charge >= 0.3 is 5.69 Å². The summed E-state index contributed by atoms with van der Waals surface area (Å²) in [6, 6.07) is 12.6. The Hall–Kier alpha value is -3.39. The second kappa shape index (κ2) is 6.35. The molecule has 6 nitrogen and oxygen atoms in total. The van der Waals surface area contributed by atoms with Crippen molar-refractivity contribution in [1.82, 2.24) is 9.13 Å². The van der Waals surface area contributed by atoms with Crippen molar-refractivity contribution in [3.63, 3.8) is 0 Å². The maximum atomic E-state index is 13.7. The molecule has 0 saturated heterocycles. The average Bonchev–Trinajstić information content (AvgIpc) is 3.34. The number of nitrogens with zero attached hydrogens (tertiary/aromatic N) is 2. The lowest BCUT2D eigenvalue weighted by Gasteiger charge is -2.13. The van der Waals surface area contributed by atoms with Crippen LogP contribution in [0.5, 0.6) is 11.5 Å². The molecule has 3 heterocycles. The molecule has 2 aromatic carbocycles. The van der Waals surface area contributed by atoms with Crippen LogP contribution in [0, 0.1) is 5.82 Å². The topological polar surface area (TPSA) is 62.5 Å². The highest BCUT2D eigenvalue weighted by Gasteiger charge is 2.18.